The maximum Gasteiger partial charge on any atom is 0.315 e. The van der Waals surface area contributed by atoms with Gasteiger partial charge in [0.2, 0.25) is 0 Å². The Bertz CT molecular complexity index is 335. The lowest BCUT2D eigenvalue weighted by Crippen LogP contribution is -2.49. The van der Waals surface area contributed by atoms with Gasteiger partial charge in [-0.2, -0.15) is 0 Å². The lowest BCUT2D eigenvalue weighted by atomic mass is 9.88. The minimum Gasteiger partial charge on any atom is -0.481 e. The van der Waals surface area contributed by atoms with E-state index in [9.17, 15) is 9.59 Å². The van der Waals surface area contributed by atoms with Gasteiger partial charge in [0, 0.05) is 13.7 Å². The molecule has 0 aromatic carbocycles. The summed E-state index contributed by atoms with van der Waals surface area (Å²) in [5, 5.41) is 14.6. The first-order chi connectivity index (χ1) is 8.92. The molecule has 0 heterocycles. The zero-order chi connectivity index (χ0) is 14.5. The fraction of sp³-hybridized carbons (Fsp3) is 0.846. The van der Waals surface area contributed by atoms with E-state index in [4.69, 9.17) is 9.84 Å². The topological polar surface area (TPSA) is 87.7 Å². The number of rotatable bonds is 6. The van der Waals surface area contributed by atoms with Crippen molar-refractivity contribution in [2.75, 3.05) is 13.7 Å². The number of aliphatic carboxylic acids is 1. The van der Waals surface area contributed by atoms with Gasteiger partial charge in [-0.25, -0.2) is 4.79 Å². The van der Waals surface area contributed by atoms with Crippen LogP contribution in [0.3, 0.4) is 0 Å². The van der Waals surface area contributed by atoms with E-state index >= 15 is 0 Å². The number of amides is 2. The van der Waals surface area contributed by atoms with Crippen LogP contribution < -0.4 is 10.6 Å². The highest BCUT2D eigenvalue weighted by Gasteiger charge is 2.32. The summed E-state index contributed by atoms with van der Waals surface area (Å²) in [6.45, 7) is 3.55. The van der Waals surface area contributed by atoms with E-state index in [0.29, 0.717) is 6.42 Å². The van der Waals surface area contributed by atoms with Gasteiger partial charge >= 0.3 is 12.0 Å². The van der Waals surface area contributed by atoms with Crippen molar-refractivity contribution in [3.63, 3.8) is 0 Å². The van der Waals surface area contributed by atoms with Gasteiger partial charge in [0.15, 0.2) is 0 Å². The summed E-state index contributed by atoms with van der Waals surface area (Å²) in [6.07, 6.45) is 3.40. The number of urea groups is 1. The van der Waals surface area contributed by atoms with Gasteiger partial charge in [-0.3, -0.25) is 4.79 Å². The summed E-state index contributed by atoms with van der Waals surface area (Å²) >= 11 is 0. The second-order valence-electron chi connectivity index (χ2n) is 5.36. The molecule has 110 valence electrons. The SMILES string of the molecule is CCC(C)(CNC(=O)NC1CCCC1OC)C(=O)O. The van der Waals surface area contributed by atoms with Crippen LogP contribution in [-0.4, -0.2) is 42.9 Å². The molecule has 19 heavy (non-hydrogen) atoms. The Kier molecular flexibility index (Phi) is 5.60. The Labute approximate surface area is 113 Å². The highest BCUT2D eigenvalue weighted by Crippen LogP contribution is 2.22. The van der Waals surface area contributed by atoms with Crippen molar-refractivity contribution in [1.82, 2.24) is 10.6 Å². The first-order valence-corrected chi connectivity index (χ1v) is 6.73. The van der Waals surface area contributed by atoms with Crippen LogP contribution in [-0.2, 0) is 9.53 Å². The molecule has 0 bridgehead atoms. The molecule has 0 spiro atoms. The highest BCUT2D eigenvalue weighted by atomic mass is 16.5. The second-order valence-corrected chi connectivity index (χ2v) is 5.36. The van der Waals surface area contributed by atoms with Crippen LogP contribution in [0, 0.1) is 5.41 Å². The quantitative estimate of drug-likeness (QED) is 0.681. The van der Waals surface area contributed by atoms with Gasteiger partial charge in [0.25, 0.3) is 0 Å². The summed E-state index contributed by atoms with van der Waals surface area (Å²) in [7, 11) is 1.64. The standard InChI is InChI=1S/C13H24N2O4/c1-4-13(2,11(16)17)8-14-12(18)15-9-6-5-7-10(9)19-3/h9-10H,4-8H2,1-3H3,(H,16,17)(H2,14,15,18). The van der Waals surface area contributed by atoms with Gasteiger partial charge in [0.1, 0.15) is 0 Å². The smallest absolute Gasteiger partial charge is 0.315 e. The van der Waals surface area contributed by atoms with E-state index in [1.54, 1.807) is 21.0 Å². The molecule has 3 atom stereocenters. The molecule has 1 fully saturated rings. The van der Waals surface area contributed by atoms with E-state index in [0.717, 1.165) is 19.3 Å². The molecule has 1 aliphatic rings. The zero-order valence-electron chi connectivity index (χ0n) is 11.9. The normalized spacial score (nSPS) is 25.6. The predicted octanol–water partition coefficient (Wildman–Crippen LogP) is 1.35. The lowest BCUT2D eigenvalue weighted by Gasteiger charge is -2.25. The number of carbonyl (C=O) groups excluding carboxylic acids is 1. The third-order valence-electron chi connectivity index (χ3n) is 4.01. The molecular weight excluding hydrogens is 248 g/mol. The predicted molar refractivity (Wildman–Crippen MR) is 71.0 cm³/mol. The average Bonchev–Trinajstić information content (AvgIpc) is 2.82. The van der Waals surface area contributed by atoms with E-state index < -0.39 is 11.4 Å². The van der Waals surface area contributed by atoms with Crippen molar-refractivity contribution in [1.29, 1.82) is 0 Å². The number of methoxy groups -OCH3 is 1. The third kappa shape index (κ3) is 4.09. The number of ether oxygens (including phenoxy) is 1. The number of carboxylic acids is 1. The van der Waals surface area contributed by atoms with Crippen molar-refractivity contribution in [2.24, 2.45) is 5.41 Å². The summed E-state index contributed by atoms with van der Waals surface area (Å²) in [4.78, 5) is 22.9. The Balaban J connectivity index is 2.41. The molecular formula is C13H24N2O4. The minimum absolute atomic E-state index is 0.0164. The Morgan fingerprint density at radius 2 is 2.11 bits per heavy atom. The van der Waals surface area contributed by atoms with Crippen LogP contribution in [0.25, 0.3) is 0 Å². The molecule has 0 saturated heterocycles. The van der Waals surface area contributed by atoms with Gasteiger partial charge in [-0.05, 0) is 32.6 Å². The molecule has 0 aromatic heterocycles. The summed E-state index contributed by atoms with van der Waals surface area (Å²) in [5.74, 6) is -0.897. The second kappa shape index (κ2) is 6.75. The van der Waals surface area contributed by atoms with Gasteiger partial charge in [-0.15, -0.1) is 0 Å². The van der Waals surface area contributed by atoms with E-state index in [-0.39, 0.29) is 24.7 Å². The molecule has 0 aliphatic heterocycles. The third-order valence-corrected chi connectivity index (χ3v) is 4.01. The molecule has 6 nitrogen and oxygen atoms in total. The molecule has 1 rings (SSSR count). The molecule has 2 amide bonds. The zero-order valence-corrected chi connectivity index (χ0v) is 11.9. The summed E-state index contributed by atoms with van der Waals surface area (Å²) < 4.78 is 5.29. The summed E-state index contributed by atoms with van der Waals surface area (Å²) in [6, 6.07) is -0.308. The van der Waals surface area contributed by atoms with Crippen molar-refractivity contribution in [3.05, 3.63) is 0 Å². The maximum atomic E-state index is 11.8. The maximum absolute atomic E-state index is 11.8. The number of carboxylic acid groups (broad SMARTS) is 1. The molecule has 1 saturated carbocycles. The van der Waals surface area contributed by atoms with Crippen LogP contribution in [0.2, 0.25) is 0 Å². The van der Waals surface area contributed by atoms with Crippen molar-refractivity contribution < 1.29 is 19.4 Å². The Morgan fingerprint density at radius 3 is 2.63 bits per heavy atom. The summed E-state index contributed by atoms with van der Waals surface area (Å²) in [5.41, 5.74) is -0.923. The number of hydrogen-bond donors (Lipinski definition) is 3. The minimum atomic E-state index is -0.923. The van der Waals surface area contributed by atoms with Crippen molar-refractivity contribution in [2.45, 2.75) is 51.7 Å². The van der Waals surface area contributed by atoms with E-state index in [1.165, 1.54) is 0 Å². The first-order valence-electron chi connectivity index (χ1n) is 6.73. The van der Waals surface area contributed by atoms with Crippen LogP contribution in [0.15, 0.2) is 0 Å². The van der Waals surface area contributed by atoms with Crippen LogP contribution in [0.1, 0.15) is 39.5 Å². The number of hydrogen-bond acceptors (Lipinski definition) is 3. The fourth-order valence-corrected chi connectivity index (χ4v) is 2.22. The fourth-order valence-electron chi connectivity index (χ4n) is 2.22. The Morgan fingerprint density at radius 1 is 1.42 bits per heavy atom. The monoisotopic (exact) mass is 272 g/mol. The van der Waals surface area contributed by atoms with Crippen LogP contribution >= 0.6 is 0 Å². The molecule has 3 N–H and O–H groups in total. The van der Waals surface area contributed by atoms with Crippen LogP contribution in [0.5, 0.6) is 0 Å². The molecule has 3 unspecified atom stereocenters. The molecule has 0 radical (unpaired) electrons. The average molecular weight is 272 g/mol. The van der Waals surface area contributed by atoms with E-state index in [2.05, 4.69) is 10.6 Å². The molecule has 6 heteroatoms. The van der Waals surface area contributed by atoms with Gasteiger partial charge in [-0.1, -0.05) is 6.92 Å². The lowest BCUT2D eigenvalue weighted by molar-refractivity contribution is -0.147. The molecule has 0 aromatic rings. The number of nitrogens with one attached hydrogen (secondary N) is 2. The largest absolute Gasteiger partial charge is 0.481 e. The van der Waals surface area contributed by atoms with E-state index in [1.807, 2.05) is 0 Å². The van der Waals surface area contributed by atoms with Gasteiger partial charge in [0.05, 0.1) is 17.6 Å². The number of carbonyl (C=O) groups is 2. The highest BCUT2D eigenvalue weighted by molar-refractivity contribution is 5.78. The Hall–Kier alpha value is -1.30. The first kappa shape index (κ1) is 15.8. The molecule has 1 aliphatic carbocycles. The van der Waals surface area contributed by atoms with Crippen molar-refractivity contribution in [3.8, 4) is 0 Å². The van der Waals surface area contributed by atoms with Crippen LogP contribution in [0.4, 0.5) is 4.79 Å². The van der Waals surface area contributed by atoms with Gasteiger partial charge < -0.3 is 20.5 Å². The van der Waals surface area contributed by atoms with Crippen molar-refractivity contribution >= 4 is 12.0 Å².